The summed E-state index contributed by atoms with van der Waals surface area (Å²) in [6.07, 6.45) is 2.16. The van der Waals surface area contributed by atoms with Gasteiger partial charge in [0.1, 0.15) is 5.76 Å². The number of carbonyl (C=O) groups is 1. The predicted octanol–water partition coefficient (Wildman–Crippen LogP) is -0.153. The zero-order valence-electron chi connectivity index (χ0n) is 10.3. The van der Waals surface area contributed by atoms with E-state index in [9.17, 15) is 14.7 Å². The third kappa shape index (κ3) is 1.91. The summed E-state index contributed by atoms with van der Waals surface area (Å²) in [4.78, 5) is 25.1. The van der Waals surface area contributed by atoms with Gasteiger partial charge >= 0.3 is 0 Å². The number of carbonyl (C=O) groups excluding carboxylic acids is 1. The van der Waals surface area contributed by atoms with E-state index < -0.39 is 11.2 Å². The van der Waals surface area contributed by atoms with Crippen LogP contribution >= 0.6 is 0 Å². The van der Waals surface area contributed by atoms with Crippen molar-refractivity contribution in [2.24, 2.45) is 5.92 Å². The largest absolute Gasteiger partial charge is 0.387 e. The molecule has 0 atom stereocenters. The van der Waals surface area contributed by atoms with Crippen molar-refractivity contribution in [3.05, 3.63) is 22.2 Å². The minimum absolute atomic E-state index is 0.113. The fourth-order valence-electron chi connectivity index (χ4n) is 2.60. The lowest BCUT2D eigenvalue weighted by Gasteiger charge is -2.46. The van der Waals surface area contributed by atoms with Crippen molar-refractivity contribution in [1.82, 2.24) is 9.64 Å². The van der Waals surface area contributed by atoms with E-state index in [0.717, 1.165) is 17.6 Å². The number of likely N-dealkylation sites (tertiary alicyclic amines) is 1. The van der Waals surface area contributed by atoms with Crippen LogP contribution in [-0.4, -0.2) is 45.9 Å². The molecule has 1 aliphatic carbocycles. The highest BCUT2D eigenvalue weighted by molar-refractivity contribution is 5.79. The molecule has 1 saturated heterocycles. The van der Waals surface area contributed by atoms with E-state index >= 15 is 0 Å². The van der Waals surface area contributed by atoms with Crippen molar-refractivity contribution in [2.45, 2.75) is 25.4 Å². The van der Waals surface area contributed by atoms with Gasteiger partial charge in [-0.25, -0.2) is 0 Å². The molecule has 1 aliphatic heterocycles. The van der Waals surface area contributed by atoms with Crippen molar-refractivity contribution < 1.29 is 14.4 Å². The number of nitrogens with zero attached hydrogens (tertiary/aromatic N) is 2. The summed E-state index contributed by atoms with van der Waals surface area (Å²) in [5, 5.41) is 10.1. The Morgan fingerprint density at radius 2 is 2.22 bits per heavy atom. The summed E-state index contributed by atoms with van der Waals surface area (Å²) in [6.45, 7) is 2.76. The van der Waals surface area contributed by atoms with Crippen molar-refractivity contribution >= 4 is 5.91 Å². The van der Waals surface area contributed by atoms with Gasteiger partial charge in [0.25, 0.3) is 11.5 Å². The van der Waals surface area contributed by atoms with Crippen LogP contribution in [0.15, 0.2) is 15.4 Å². The molecule has 0 bridgehead atoms. The van der Waals surface area contributed by atoms with Gasteiger partial charge in [-0.15, -0.1) is 4.74 Å². The monoisotopic (exact) mass is 252 g/mol. The van der Waals surface area contributed by atoms with E-state index in [2.05, 4.69) is 0 Å². The van der Waals surface area contributed by atoms with Gasteiger partial charge in [0, 0.05) is 19.2 Å². The number of hydrogen-bond acceptors (Lipinski definition) is 5. The highest BCUT2D eigenvalue weighted by Gasteiger charge is 2.52. The van der Waals surface area contributed by atoms with Crippen LogP contribution in [0.1, 0.15) is 23.4 Å². The summed E-state index contributed by atoms with van der Waals surface area (Å²) in [5.41, 5.74) is -1.04. The van der Waals surface area contributed by atoms with Gasteiger partial charge in [0.2, 0.25) is 0 Å². The first-order valence-corrected chi connectivity index (χ1v) is 6.16. The number of aryl methyl sites for hydroxylation is 1. The maximum atomic E-state index is 11.8. The Hall–Kier alpha value is -1.40. The molecule has 1 aromatic heterocycles. The van der Waals surface area contributed by atoms with Gasteiger partial charge in [-0.05, 0) is 25.7 Å². The van der Waals surface area contributed by atoms with E-state index in [0.29, 0.717) is 24.8 Å². The zero-order chi connectivity index (χ0) is 12.9. The molecule has 6 heteroatoms. The van der Waals surface area contributed by atoms with Crippen LogP contribution in [-0.2, 0) is 0 Å². The normalized spacial score (nSPS) is 22.8. The van der Waals surface area contributed by atoms with Crippen molar-refractivity contribution in [3.63, 3.8) is 0 Å². The lowest BCUT2D eigenvalue weighted by atomic mass is 9.89. The number of hydrogen-bond donors (Lipinski definition) is 1. The molecule has 2 heterocycles. The minimum atomic E-state index is -0.607. The van der Waals surface area contributed by atoms with E-state index in [-0.39, 0.29) is 12.5 Å². The van der Waals surface area contributed by atoms with Crippen LogP contribution in [0.5, 0.6) is 0 Å². The zero-order valence-corrected chi connectivity index (χ0v) is 10.3. The molecule has 2 fully saturated rings. The molecule has 0 unspecified atom stereocenters. The maximum Gasteiger partial charge on any atom is 0.290 e. The van der Waals surface area contributed by atoms with E-state index in [1.54, 1.807) is 6.92 Å². The molecule has 2 aliphatic rings. The first-order valence-electron chi connectivity index (χ1n) is 6.16. The number of β-amino-alcohol motifs (C(OH)–C–C–N with tert-alkyl or cyclic N) is 1. The number of rotatable bonds is 3. The SMILES string of the molecule is Cc1cc(=O)n(C(=O)CN2CC(O)(C3CC3)C2)o1. The molecule has 6 nitrogen and oxygen atoms in total. The minimum Gasteiger partial charge on any atom is -0.387 e. The van der Waals surface area contributed by atoms with Gasteiger partial charge in [-0.1, -0.05) is 0 Å². The molecule has 0 spiro atoms. The lowest BCUT2D eigenvalue weighted by Crippen LogP contribution is -2.64. The van der Waals surface area contributed by atoms with Gasteiger partial charge < -0.3 is 9.63 Å². The number of aliphatic hydroxyl groups is 1. The Balaban J connectivity index is 1.60. The van der Waals surface area contributed by atoms with Crippen LogP contribution in [0.25, 0.3) is 0 Å². The van der Waals surface area contributed by atoms with Crippen molar-refractivity contribution in [2.75, 3.05) is 19.6 Å². The molecule has 1 aromatic rings. The van der Waals surface area contributed by atoms with E-state index in [1.165, 1.54) is 6.07 Å². The van der Waals surface area contributed by atoms with Gasteiger partial charge in [-0.2, -0.15) is 0 Å². The summed E-state index contributed by atoms with van der Waals surface area (Å²) >= 11 is 0. The molecule has 0 aromatic carbocycles. The van der Waals surface area contributed by atoms with E-state index in [4.69, 9.17) is 4.52 Å². The second kappa shape index (κ2) is 3.80. The third-order valence-corrected chi connectivity index (χ3v) is 3.68. The maximum absolute atomic E-state index is 11.8. The van der Waals surface area contributed by atoms with Gasteiger partial charge in [0.05, 0.1) is 12.1 Å². The van der Waals surface area contributed by atoms with Crippen LogP contribution in [0.4, 0.5) is 0 Å². The second-order valence-corrected chi connectivity index (χ2v) is 5.40. The molecule has 1 saturated carbocycles. The summed E-state index contributed by atoms with van der Waals surface area (Å²) in [5.74, 6) is 0.440. The lowest BCUT2D eigenvalue weighted by molar-refractivity contribution is -0.109. The molecular weight excluding hydrogens is 236 g/mol. The standard InChI is InChI=1S/C12H16N2O4/c1-8-4-10(15)14(18-8)11(16)5-13-6-12(17,7-13)9-2-3-9/h4,9,17H,2-3,5-7H2,1H3. The molecular formula is C12H16N2O4. The Morgan fingerprint density at radius 1 is 1.56 bits per heavy atom. The first kappa shape index (κ1) is 11.7. The second-order valence-electron chi connectivity index (χ2n) is 5.40. The Morgan fingerprint density at radius 3 is 2.72 bits per heavy atom. The molecule has 0 amide bonds. The van der Waals surface area contributed by atoms with Crippen LogP contribution in [0.3, 0.4) is 0 Å². The van der Waals surface area contributed by atoms with Crippen LogP contribution < -0.4 is 5.56 Å². The third-order valence-electron chi connectivity index (χ3n) is 3.68. The molecule has 18 heavy (non-hydrogen) atoms. The Bertz CT molecular complexity index is 535. The summed E-state index contributed by atoms with van der Waals surface area (Å²) in [7, 11) is 0. The van der Waals surface area contributed by atoms with Crippen LogP contribution in [0, 0.1) is 12.8 Å². The molecule has 1 N–H and O–H groups in total. The number of aromatic nitrogens is 1. The highest BCUT2D eigenvalue weighted by atomic mass is 16.5. The van der Waals surface area contributed by atoms with E-state index in [1.807, 2.05) is 4.90 Å². The fraction of sp³-hybridized carbons (Fsp3) is 0.667. The quantitative estimate of drug-likeness (QED) is 0.809. The van der Waals surface area contributed by atoms with Crippen molar-refractivity contribution in [3.8, 4) is 0 Å². The Kier molecular flexibility index (Phi) is 2.46. The summed E-state index contributed by atoms with van der Waals surface area (Å²) in [6, 6.07) is 1.29. The van der Waals surface area contributed by atoms with Crippen LogP contribution in [0.2, 0.25) is 0 Å². The first-order chi connectivity index (χ1) is 8.48. The molecule has 3 rings (SSSR count). The van der Waals surface area contributed by atoms with Crippen molar-refractivity contribution in [1.29, 1.82) is 0 Å². The average molecular weight is 252 g/mol. The topological polar surface area (TPSA) is 75.7 Å². The fourth-order valence-corrected chi connectivity index (χ4v) is 2.60. The Labute approximate surface area is 104 Å². The van der Waals surface area contributed by atoms with Gasteiger partial charge in [0.15, 0.2) is 0 Å². The molecule has 98 valence electrons. The smallest absolute Gasteiger partial charge is 0.290 e. The highest BCUT2D eigenvalue weighted by Crippen LogP contribution is 2.44. The van der Waals surface area contributed by atoms with Gasteiger partial charge in [-0.3, -0.25) is 14.5 Å². The average Bonchev–Trinajstić information content (AvgIpc) is 3.02. The molecule has 0 radical (unpaired) electrons. The summed E-state index contributed by atoms with van der Waals surface area (Å²) < 4.78 is 5.80. The predicted molar refractivity (Wildman–Crippen MR) is 62.4 cm³/mol.